The van der Waals surface area contributed by atoms with E-state index in [0.717, 1.165) is 28.6 Å². The molecule has 0 bridgehead atoms. The highest BCUT2D eigenvalue weighted by Crippen LogP contribution is 2.25. The van der Waals surface area contributed by atoms with Gasteiger partial charge in [-0.3, -0.25) is 19.3 Å². The highest BCUT2D eigenvalue weighted by molar-refractivity contribution is 7.92. The van der Waals surface area contributed by atoms with Gasteiger partial charge in [0.15, 0.2) is 0 Å². The number of anilines is 1. The van der Waals surface area contributed by atoms with Gasteiger partial charge in [-0.25, -0.2) is 8.42 Å². The normalized spacial score (nSPS) is 12.7. The Balaban J connectivity index is 2.32. The Morgan fingerprint density at radius 1 is 0.933 bits per heavy atom. The predicted octanol–water partition coefficient (Wildman–Crippen LogP) is 0.438. The number of nitro groups is 1. The summed E-state index contributed by atoms with van der Waals surface area (Å²) in [6.07, 6.45) is -1.11. The Labute approximate surface area is 174 Å². The molecule has 164 valence electrons. The molecule has 3 N–H and O–H groups in total. The molecule has 0 radical (unpaired) electrons. The molecule has 0 aliphatic carbocycles. The van der Waals surface area contributed by atoms with Crippen LogP contribution < -0.4 is 4.31 Å². The van der Waals surface area contributed by atoms with Crippen LogP contribution in [0.5, 0.6) is 0 Å². The Morgan fingerprint density at radius 3 is 2.00 bits per heavy atom. The van der Waals surface area contributed by atoms with Gasteiger partial charge in [0.1, 0.15) is 0 Å². The number of para-hydroxylation sites is 1. The summed E-state index contributed by atoms with van der Waals surface area (Å²) in [7, 11) is -4.12. The van der Waals surface area contributed by atoms with Crippen LogP contribution in [0.25, 0.3) is 0 Å². The molecule has 0 fully saturated rings. The van der Waals surface area contributed by atoms with Crippen molar-refractivity contribution in [1.29, 1.82) is 0 Å². The summed E-state index contributed by atoms with van der Waals surface area (Å²) in [6, 6.07) is 12.7. The third-order valence-corrected chi connectivity index (χ3v) is 6.17. The fourth-order valence-corrected chi connectivity index (χ4v) is 4.43. The fraction of sp³-hybridized carbons (Fsp3) is 0.368. The van der Waals surface area contributed by atoms with Crippen LogP contribution in [-0.2, 0) is 10.0 Å². The minimum Gasteiger partial charge on any atom is -0.395 e. The van der Waals surface area contributed by atoms with E-state index >= 15 is 0 Å². The van der Waals surface area contributed by atoms with E-state index in [-0.39, 0.29) is 50.0 Å². The molecule has 30 heavy (non-hydrogen) atoms. The topological polar surface area (TPSA) is 144 Å². The van der Waals surface area contributed by atoms with E-state index in [4.69, 9.17) is 10.2 Å². The zero-order valence-corrected chi connectivity index (χ0v) is 17.1. The van der Waals surface area contributed by atoms with Gasteiger partial charge in [0.25, 0.3) is 15.7 Å². The number of nitro benzene ring substituents is 1. The summed E-state index contributed by atoms with van der Waals surface area (Å²) in [5.41, 5.74) is 0.0923. The van der Waals surface area contributed by atoms with Gasteiger partial charge in [-0.2, -0.15) is 0 Å². The maximum absolute atomic E-state index is 13.2. The van der Waals surface area contributed by atoms with Crippen molar-refractivity contribution in [2.75, 3.05) is 43.7 Å². The molecular formula is C19H25N3O7S. The van der Waals surface area contributed by atoms with E-state index in [0.29, 0.717) is 5.69 Å². The molecular weight excluding hydrogens is 414 g/mol. The van der Waals surface area contributed by atoms with Crippen molar-refractivity contribution in [2.24, 2.45) is 0 Å². The smallest absolute Gasteiger partial charge is 0.269 e. The number of sulfonamides is 1. The molecule has 0 heterocycles. The monoisotopic (exact) mass is 439 g/mol. The molecule has 0 saturated heterocycles. The van der Waals surface area contributed by atoms with Crippen LogP contribution >= 0.6 is 0 Å². The standard InChI is InChI=1S/C19H25N3O7S/c23-12-10-20(11-13-24)14-18(25)15-21(16-4-2-1-3-5-16)30(28,29)19-8-6-17(7-9-19)22(26)27/h1-9,18,23-25H,10-15H2. The lowest BCUT2D eigenvalue weighted by atomic mass is 10.2. The number of aliphatic hydroxyl groups is 3. The first-order valence-corrected chi connectivity index (χ1v) is 10.7. The van der Waals surface area contributed by atoms with Crippen LogP contribution in [0.15, 0.2) is 59.5 Å². The third-order valence-electron chi connectivity index (χ3n) is 4.36. The highest BCUT2D eigenvalue weighted by Gasteiger charge is 2.28. The van der Waals surface area contributed by atoms with Crippen molar-refractivity contribution < 1.29 is 28.7 Å². The summed E-state index contributed by atoms with van der Waals surface area (Å²) < 4.78 is 27.5. The van der Waals surface area contributed by atoms with E-state index in [1.165, 1.54) is 0 Å². The average molecular weight is 439 g/mol. The third kappa shape index (κ3) is 6.21. The van der Waals surface area contributed by atoms with Crippen LogP contribution in [0, 0.1) is 10.1 Å². The lowest BCUT2D eigenvalue weighted by Gasteiger charge is -2.29. The Morgan fingerprint density at radius 2 is 1.50 bits per heavy atom. The molecule has 2 aromatic rings. The molecule has 10 nitrogen and oxygen atoms in total. The number of aliphatic hydroxyl groups excluding tert-OH is 3. The van der Waals surface area contributed by atoms with E-state index in [9.17, 15) is 23.6 Å². The lowest BCUT2D eigenvalue weighted by Crippen LogP contribution is -2.44. The van der Waals surface area contributed by atoms with Crippen LogP contribution in [0.4, 0.5) is 11.4 Å². The number of nitrogens with zero attached hydrogens (tertiary/aromatic N) is 3. The second-order valence-electron chi connectivity index (χ2n) is 6.52. The van der Waals surface area contributed by atoms with E-state index in [1.54, 1.807) is 35.2 Å². The molecule has 11 heteroatoms. The first-order valence-electron chi connectivity index (χ1n) is 9.24. The predicted molar refractivity (Wildman–Crippen MR) is 111 cm³/mol. The lowest BCUT2D eigenvalue weighted by molar-refractivity contribution is -0.384. The van der Waals surface area contributed by atoms with Gasteiger partial charge in [-0.05, 0) is 24.3 Å². The van der Waals surface area contributed by atoms with Crippen molar-refractivity contribution in [3.63, 3.8) is 0 Å². The number of hydrogen-bond acceptors (Lipinski definition) is 8. The van der Waals surface area contributed by atoms with Crippen LogP contribution in [-0.4, -0.2) is 79.1 Å². The summed E-state index contributed by atoms with van der Waals surface area (Å²) in [4.78, 5) is 11.7. The van der Waals surface area contributed by atoms with Crippen LogP contribution in [0.3, 0.4) is 0 Å². The molecule has 2 rings (SSSR count). The maximum Gasteiger partial charge on any atom is 0.269 e. The molecule has 1 unspecified atom stereocenters. The van der Waals surface area contributed by atoms with Gasteiger partial charge in [0.2, 0.25) is 0 Å². The molecule has 0 aliphatic rings. The molecule has 0 amide bonds. The molecule has 0 aliphatic heterocycles. The average Bonchev–Trinajstić information content (AvgIpc) is 2.73. The first-order chi connectivity index (χ1) is 14.3. The van der Waals surface area contributed by atoms with Crippen molar-refractivity contribution in [1.82, 2.24) is 4.90 Å². The number of rotatable bonds is 12. The summed E-state index contributed by atoms with van der Waals surface area (Å²) >= 11 is 0. The van der Waals surface area contributed by atoms with E-state index in [2.05, 4.69) is 0 Å². The van der Waals surface area contributed by atoms with Crippen molar-refractivity contribution in [3.05, 3.63) is 64.7 Å². The number of benzene rings is 2. The van der Waals surface area contributed by atoms with Crippen molar-refractivity contribution in [3.8, 4) is 0 Å². The van der Waals surface area contributed by atoms with Gasteiger partial charge in [-0.15, -0.1) is 0 Å². The zero-order valence-electron chi connectivity index (χ0n) is 16.2. The zero-order chi connectivity index (χ0) is 22.1. The number of hydrogen-bond donors (Lipinski definition) is 3. The highest BCUT2D eigenvalue weighted by atomic mass is 32.2. The Kier molecular flexibility index (Phi) is 8.69. The van der Waals surface area contributed by atoms with Gasteiger partial charge < -0.3 is 15.3 Å². The molecule has 2 aromatic carbocycles. The van der Waals surface area contributed by atoms with Crippen LogP contribution in [0.1, 0.15) is 0 Å². The van der Waals surface area contributed by atoms with Gasteiger partial charge in [0, 0.05) is 31.8 Å². The quantitative estimate of drug-likeness (QED) is 0.319. The maximum atomic E-state index is 13.2. The van der Waals surface area contributed by atoms with E-state index in [1.807, 2.05) is 0 Å². The van der Waals surface area contributed by atoms with Gasteiger partial charge in [-0.1, -0.05) is 18.2 Å². The summed E-state index contributed by atoms with van der Waals surface area (Å²) in [5, 5.41) is 39.6. The minimum atomic E-state index is -4.12. The Hall–Kier alpha value is -2.57. The molecule has 1 atom stereocenters. The fourth-order valence-electron chi connectivity index (χ4n) is 2.93. The van der Waals surface area contributed by atoms with Gasteiger partial charge >= 0.3 is 0 Å². The second-order valence-corrected chi connectivity index (χ2v) is 8.39. The largest absolute Gasteiger partial charge is 0.395 e. The SMILES string of the molecule is O=[N+]([O-])c1ccc(S(=O)(=O)N(CC(O)CN(CCO)CCO)c2ccccc2)cc1. The molecule has 0 aromatic heterocycles. The van der Waals surface area contributed by atoms with Crippen LogP contribution in [0.2, 0.25) is 0 Å². The summed E-state index contributed by atoms with van der Waals surface area (Å²) in [5.74, 6) is 0. The van der Waals surface area contributed by atoms with Crippen molar-refractivity contribution in [2.45, 2.75) is 11.0 Å². The summed E-state index contributed by atoms with van der Waals surface area (Å²) in [6.45, 7) is -0.139. The second kappa shape index (κ2) is 11.0. The Bertz CT molecular complexity index is 901. The van der Waals surface area contributed by atoms with Gasteiger partial charge in [0.05, 0.1) is 41.4 Å². The van der Waals surface area contributed by atoms with E-state index < -0.39 is 21.1 Å². The molecule has 0 saturated carbocycles. The van der Waals surface area contributed by atoms with Crippen molar-refractivity contribution >= 4 is 21.4 Å². The molecule has 0 spiro atoms. The minimum absolute atomic E-state index is 0.0419. The first kappa shape index (κ1) is 23.7. The number of non-ortho nitro benzene ring substituents is 1.